The Kier molecular flexibility index (Phi) is 5.31. The zero-order valence-corrected chi connectivity index (χ0v) is 15.8. The molecule has 11 heteroatoms. The minimum absolute atomic E-state index is 0.132. The molecule has 29 heavy (non-hydrogen) atoms. The number of H-pyrrole nitrogens is 1. The number of fused-ring (bicyclic) bond motifs is 1. The van der Waals surface area contributed by atoms with Crippen LogP contribution >= 0.6 is 0 Å². The number of esters is 1. The van der Waals surface area contributed by atoms with Gasteiger partial charge < -0.3 is 15.0 Å². The lowest BCUT2D eigenvalue weighted by Crippen LogP contribution is -2.25. The first-order valence-electron chi connectivity index (χ1n) is 8.66. The first kappa shape index (κ1) is 20.4. The van der Waals surface area contributed by atoms with Gasteiger partial charge in [-0.1, -0.05) is 6.92 Å². The Bertz CT molecular complexity index is 1080. The summed E-state index contributed by atoms with van der Waals surface area (Å²) in [6, 6.07) is 2.11. The highest BCUT2D eigenvalue weighted by atomic mass is 19.4. The summed E-state index contributed by atoms with van der Waals surface area (Å²) in [6.45, 7) is 3.27. The van der Waals surface area contributed by atoms with Crippen molar-refractivity contribution in [2.45, 2.75) is 33.0 Å². The van der Waals surface area contributed by atoms with Crippen LogP contribution in [0, 0.1) is 6.92 Å². The molecule has 3 aromatic rings. The van der Waals surface area contributed by atoms with E-state index in [9.17, 15) is 22.8 Å². The van der Waals surface area contributed by atoms with Crippen molar-refractivity contribution < 1.29 is 27.5 Å². The van der Waals surface area contributed by atoms with Crippen LogP contribution < -0.4 is 5.32 Å². The first-order chi connectivity index (χ1) is 13.7. The van der Waals surface area contributed by atoms with Crippen molar-refractivity contribution in [2.24, 2.45) is 0 Å². The molecule has 0 spiro atoms. The molecule has 1 amide bonds. The summed E-state index contributed by atoms with van der Waals surface area (Å²) in [5.74, 6) is -0.957. The van der Waals surface area contributed by atoms with Gasteiger partial charge in [0.1, 0.15) is 5.69 Å². The van der Waals surface area contributed by atoms with Gasteiger partial charge in [0.25, 0.3) is 5.91 Å². The number of pyridine rings is 1. The number of hydrogen-bond donors (Lipinski definition) is 2. The van der Waals surface area contributed by atoms with E-state index < -0.39 is 23.6 Å². The number of methoxy groups -OCH3 is 1. The van der Waals surface area contributed by atoms with E-state index in [-0.39, 0.29) is 23.7 Å². The number of rotatable bonds is 5. The highest BCUT2D eigenvalue weighted by Gasteiger charge is 2.31. The lowest BCUT2D eigenvalue weighted by Gasteiger charge is -2.08. The topological polar surface area (TPSA) is 101 Å². The number of carbonyl (C=O) groups excluding carboxylic acids is 2. The Morgan fingerprint density at radius 1 is 1.28 bits per heavy atom. The van der Waals surface area contributed by atoms with E-state index >= 15 is 0 Å². The normalized spacial score (nSPS) is 11.7. The van der Waals surface area contributed by atoms with Crippen molar-refractivity contribution in [3.63, 3.8) is 0 Å². The minimum atomic E-state index is -4.51. The van der Waals surface area contributed by atoms with Crippen molar-refractivity contribution >= 4 is 17.5 Å². The molecule has 154 valence electrons. The minimum Gasteiger partial charge on any atom is -0.465 e. The number of carbonyl (C=O) groups is 2. The van der Waals surface area contributed by atoms with Crippen LogP contribution in [-0.4, -0.2) is 38.6 Å². The van der Waals surface area contributed by atoms with Crippen molar-refractivity contribution in [2.75, 3.05) is 7.11 Å². The van der Waals surface area contributed by atoms with Crippen LogP contribution in [0.2, 0.25) is 0 Å². The molecule has 0 saturated heterocycles. The Hall–Kier alpha value is -3.37. The molecule has 0 aromatic carbocycles. The molecule has 3 heterocycles. The summed E-state index contributed by atoms with van der Waals surface area (Å²) in [7, 11) is 1.25. The Morgan fingerprint density at radius 3 is 2.62 bits per heavy atom. The number of alkyl halides is 3. The fourth-order valence-corrected chi connectivity index (χ4v) is 3.00. The van der Waals surface area contributed by atoms with Gasteiger partial charge in [-0.2, -0.15) is 13.2 Å². The molecular weight excluding hydrogens is 391 g/mol. The number of amides is 1. The number of aromatic nitrogens is 4. The Morgan fingerprint density at radius 2 is 2.00 bits per heavy atom. The van der Waals surface area contributed by atoms with E-state index in [1.807, 2.05) is 6.92 Å². The molecule has 0 aliphatic carbocycles. The zero-order chi connectivity index (χ0) is 21.3. The summed E-state index contributed by atoms with van der Waals surface area (Å²) < 4.78 is 44.7. The van der Waals surface area contributed by atoms with Crippen molar-refractivity contribution in [1.29, 1.82) is 0 Å². The third-order valence-corrected chi connectivity index (χ3v) is 4.51. The van der Waals surface area contributed by atoms with E-state index in [2.05, 4.69) is 20.5 Å². The number of hydrogen-bond acceptors (Lipinski definition) is 5. The molecule has 8 nitrogen and oxygen atoms in total. The maximum Gasteiger partial charge on any atom is 0.417 e. The molecule has 0 radical (unpaired) electrons. The van der Waals surface area contributed by atoms with Crippen molar-refractivity contribution in [3.05, 3.63) is 52.2 Å². The van der Waals surface area contributed by atoms with Gasteiger partial charge in [-0.15, -0.1) is 10.2 Å². The van der Waals surface area contributed by atoms with E-state index in [4.69, 9.17) is 4.74 Å². The third kappa shape index (κ3) is 3.80. The van der Waals surface area contributed by atoms with Gasteiger partial charge in [-0.25, -0.2) is 4.79 Å². The second-order valence-corrected chi connectivity index (χ2v) is 6.27. The summed E-state index contributed by atoms with van der Waals surface area (Å²) in [5, 5.41) is 10.2. The molecule has 0 atom stereocenters. The average Bonchev–Trinajstić information content (AvgIpc) is 3.24. The van der Waals surface area contributed by atoms with Crippen LogP contribution in [0.25, 0.3) is 5.65 Å². The predicted octanol–water partition coefficient (Wildman–Crippen LogP) is 2.66. The van der Waals surface area contributed by atoms with Gasteiger partial charge in [0.05, 0.1) is 24.8 Å². The Labute approximate surface area is 163 Å². The molecule has 0 aliphatic heterocycles. The van der Waals surface area contributed by atoms with Crippen molar-refractivity contribution in [3.8, 4) is 0 Å². The molecule has 3 aromatic heterocycles. The number of aromatic amines is 1. The maximum atomic E-state index is 12.9. The molecule has 0 saturated carbocycles. The molecule has 3 rings (SSSR count). The average molecular weight is 409 g/mol. The molecule has 0 bridgehead atoms. The monoisotopic (exact) mass is 409 g/mol. The van der Waals surface area contributed by atoms with Crippen LogP contribution in [0.4, 0.5) is 13.2 Å². The smallest absolute Gasteiger partial charge is 0.417 e. The number of ether oxygens (including phenoxy) is 1. The Balaban J connectivity index is 1.85. The number of nitrogens with one attached hydrogen (secondary N) is 2. The molecule has 2 N–H and O–H groups in total. The fourth-order valence-electron chi connectivity index (χ4n) is 3.00. The SMILES string of the molecule is CCc1[nH]c(C(=O)NCc2nnc3ccc(C(F)(F)F)cn23)c(C)c1C(=O)OC. The number of nitrogens with zero attached hydrogens (tertiary/aromatic N) is 3. The predicted molar refractivity (Wildman–Crippen MR) is 95.4 cm³/mol. The van der Waals surface area contributed by atoms with Gasteiger partial charge in [0.15, 0.2) is 11.5 Å². The molecular formula is C18H18F3N5O3. The maximum absolute atomic E-state index is 12.9. The summed E-state index contributed by atoms with van der Waals surface area (Å²) >= 11 is 0. The van der Waals surface area contributed by atoms with Crippen LogP contribution in [0.5, 0.6) is 0 Å². The summed E-state index contributed by atoms with van der Waals surface area (Å²) in [5.41, 5.74) is 0.821. The van der Waals surface area contributed by atoms with Gasteiger partial charge in [0, 0.05) is 11.9 Å². The second kappa shape index (κ2) is 7.57. The lowest BCUT2D eigenvalue weighted by atomic mass is 10.1. The highest BCUT2D eigenvalue weighted by Crippen LogP contribution is 2.29. The van der Waals surface area contributed by atoms with Gasteiger partial charge in [0.2, 0.25) is 0 Å². The zero-order valence-electron chi connectivity index (χ0n) is 15.8. The molecule has 0 aliphatic rings. The third-order valence-electron chi connectivity index (χ3n) is 4.51. The van der Waals surface area contributed by atoms with E-state index in [1.165, 1.54) is 17.6 Å². The van der Waals surface area contributed by atoms with Gasteiger partial charge in [-0.3, -0.25) is 9.20 Å². The fraction of sp³-hybridized carbons (Fsp3) is 0.333. The van der Waals surface area contributed by atoms with Crippen molar-refractivity contribution in [1.82, 2.24) is 24.9 Å². The van der Waals surface area contributed by atoms with Crippen LogP contribution in [0.1, 0.15) is 50.4 Å². The molecule has 0 unspecified atom stereocenters. The van der Waals surface area contributed by atoms with Gasteiger partial charge in [-0.05, 0) is 31.0 Å². The number of aryl methyl sites for hydroxylation is 1. The summed E-state index contributed by atoms with van der Waals surface area (Å²) in [4.78, 5) is 27.5. The van der Waals surface area contributed by atoms with Crippen LogP contribution in [0.3, 0.4) is 0 Å². The van der Waals surface area contributed by atoms with Crippen LogP contribution in [0.15, 0.2) is 18.3 Å². The van der Waals surface area contributed by atoms with Gasteiger partial charge >= 0.3 is 12.1 Å². The van der Waals surface area contributed by atoms with E-state index in [0.29, 0.717) is 23.2 Å². The van der Waals surface area contributed by atoms with E-state index in [0.717, 1.165) is 12.3 Å². The largest absolute Gasteiger partial charge is 0.465 e. The van der Waals surface area contributed by atoms with E-state index in [1.54, 1.807) is 6.92 Å². The summed E-state index contributed by atoms with van der Waals surface area (Å²) in [6.07, 6.45) is -3.16. The first-order valence-corrected chi connectivity index (χ1v) is 8.66. The number of halogens is 3. The highest BCUT2D eigenvalue weighted by molar-refractivity contribution is 6.00. The lowest BCUT2D eigenvalue weighted by molar-refractivity contribution is -0.137. The quantitative estimate of drug-likeness (QED) is 0.631. The van der Waals surface area contributed by atoms with Crippen LogP contribution in [-0.2, 0) is 23.9 Å². The standard InChI is InChI=1S/C18H18F3N5O3/c1-4-11-14(17(28)29-3)9(2)15(23-11)16(27)22-7-13-25-24-12-6-5-10(8-26(12)13)18(19,20)21/h5-6,8,23H,4,7H2,1-3H3,(H,22,27). The molecule has 0 fully saturated rings. The second-order valence-electron chi connectivity index (χ2n) is 6.27.